The van der Waals surface area contributed by atoms with Crippen molar-refractivity contribution in [1.82, 2.24) is 0 Å². The van der Waals surface area contributed by atoms with Crippen LogP contribution in [0, 0.1) is 11.8 Å². The van der Waals surface area contributed by atoms with Gasteiger partial charge in [0.15, 0.2) is 11.6 Å². The summed E-state index contributed by atoms with van der Waals surface area (Å²) in [5.74, 6) is -1.52. The van der Waals surface area contributed by atoms with Gasteiger partial charge in [0, 0.05) is 5.92 Å². The van der Waals surface area contributed by atoms with Crippen LogP contribution in [0.5, 0.6) is 0 Å². The second kappa shape index (κ2) is 8.00. The Labute approximate surface area is 177 Å². The predicted octanol–water partition coefficient (Wildman–Crippen LogP) is 5.14. The highest BCUT2D eigenvalue weighted by Gasteiger charge is 2.59. The summed E-state index contributed by atoms with van der Waals surface area (Å²) in [5, 5.41) is 11.2. The lowest BCUT2D eigenvalue weighted by Gasteiger charge is -2.24. The summed E-state index contributed by atoms with van der Waals surface area (Å²) in [6, 6.07) is 26.8. The Hall–Kier alpha value is -3.04. The van der Waals surface area contributed by atoms with Crippen LogP contribution >= 0.6 is 0 Å². The highest BCUT2D eigenvalue weighted by molar-refractivity contribution is 6.20. The van der Waals surface area contributed by atoms with Crippen molar-refractivity contribution in [3.63, 3.8) is 0 Å². The SMILES string of the molecule is CC[C@@H]1C(=O)[C@](C)(c2ccccc2)C(=O)[C@H]1[C@H](O)c1ccc(-c2ccccc2)cc1. The zero-order chi connectivity index (χ0) is 21.3. The summed E-state index contributed by atoms with van der Waals surface area (Å²) in [6.45, 7) is 3.62. The van der Waals surface area contributed by atoms with E-state index >= 15 is 0 Å². The maximum absolute atomic E-state index is 13.5. The minimum Gasteiger partial charge on any atom is -0.388 e. The molecule has 3 aromatic carbocycles. The topological polar surface area (TPSA) is 54.4 Å². The third-order valence-corrected chi connectivity index (χ3v) is 6.55. The summed E-state index contributed by atoms with van der Waals surface area (Å²) >= 11 is 0. The lowest BCUT2D eigenvalue weighted by atomic mass is 9.77. The molecule has 0 aromatic heterocycles. The third kappa shape index (κ3) is 3.20. The van der Waals surface area contributed by atoms with E-state index in [1.807, 2.05) is 91.9 Å². The van der Waals surface area contributed by atoms with E-state index in [9.17, 15) is 14.7 Å². The second-order valence-corrected chi connectivity index (χ2v) is 8.19. The van der Waals surface area contributed by atoms with Crippen LogP contribution in [0.25, 0.3) is 11.1 Å². The number of carbonyl (C=O) groups excluding carboxylic acids is 2. The molecule has 0 heterocycles. The van der Waals surface area contributed by atoms with Crippen LogP contribution < -0.4 is 0 Å². The standard InChI is InChI=1S/C27H26O3/c1-3-22-23(26(30)27(2,25(22)29)21-12-8-5-9-13-21)24(28)20-16-14-19(15-17-20)18-10-6-4-7-11-18/h4-17,22-24,28H,3H2,1-2H3/t22-,23+,24+,27-/m0/s1. The molecule has 0 spiro atoms. The first kappa shape index (κ1) is 20.2. The summed E-state index contributed by atoms with van der Waals surface area (Å²) < 4.78 is 0. The molecule has 1 fully saturated rings. The number of aliphatic hydroxyl groups is 1. The quantitative estimate of drug-likeness (QED) is 0.606. The highest BCUT2D eigenvalue weighted by atomic mass is 16.3. The van der Waals surface area contributed by atoms with Gasteiger partial charge in [-0.05, 0) is 35.6 Å². The van der Waals surface area contributed by atoms with E-state index in [-0.39, 0.29) is 11.6 Å². The molecule has 4 atom stereocenters. The highest BCUT2D eigenvalue weighted by Crippen LogP contribution is 2.47. The Morgan fingerprint density at radius 2 is 1.33 bits per heavy atom. The van der Waals surface area contributed by atoms with Crippen molar-refractivity contribution < 1.29 is 14.7 Å². The summed E-state index contributed by atoms with van der Waals surface area (Å²) in [6.07, 6.45) is -0.488. The number of rotatable bonds is 5. The lowest BCUT2D eigenvalue weighted by molar-refractivity contribution is -0.131. The number of ketones is 2. The van der Waals surface area contributed by atoms with E-state index in [0.29, 0.717) is 17.5 Å². The van der Waals surface area contributed by atoms with Crippen LogP contribution in [0.4, 0.5) is 0 Å². The maximum Gasteiger partial charge on any atom is 0.157 e. The summed E-state index contributed by atoms with van der Waals surface area (Å²) in [4.78, 5) is 26.9. The normalized spacial score (nSPS) is 24.8. The summed E-state index contributed by atoms with van der Waals surface area (Å²) in [7, 11) is 0. The minimum absolute atomic E-state index is 0.0915. The van der Waals surface area contributed by atoms with Crippen molar-refractivity contribution in [2.24, 2.45) is 11.8 Å². The van der Waals surface area contributed by atoms with E-state index in [1.165, 1.54) is 0 Å². The van der Waals surface area contributed by atoms with Crippen molar-refractivity contribution in [3.8, 4) is 11.1 Å². The number of hydrogen-bond acceptors (Lipinski definition) is 3. The minimum atomic E-state index is -1.21. The van der Waals surface area contributed by atoms with Gasteiger partial charge in [-0.3, -0.25) is 9.59 Å². The van der Waals surface area contributed by atoms with Crippen molar-refractivity contribution >= 4 is 11.6 Å². The Morgan fingerprint density at radius 3 is 1.90 bits per heavy atom. The van der Waals surface area contributed by atoms with E-state index in [4.69, 9.17) is 0 Å². The maximum atomic E-state index is 13.5. The van der Waals surface area contributed by atoms with Gasteiger partial charge in [-0.1, -0.05) is 91.9 Å². The molecule has 3 nitrogen and oxygen atoms in total. The molecule has 1 aliphatic carbocycles. The van der Waals surface area contributed by atoms with E-state index in [2.05, 4.69) is 0 Å². The number of carbonyl (C=O) groups is 2. The second-order valence-electron chi connectivity index (χ2n) is 8.19. The van der Waals surface area contributed by atoms with Gasteiger partial charge in [-0.25, -0.2) is 0 Å². The van der Waals surface area contributed by atoms with Crippen molar-refractivity contribution in [3.05, 3.63) is 96.1 Å². The Balaban J connectivity index is 1.67. The number of hydrogen-bond donors (Lipinski definition) is 1. The first-order valence-electron chi connectivity index (χ1n) is 10.5. The Morgan fingerprint density at radius 1 is 0.800 bits per heavy atom. The van der Waals surface area contributed by atoms with Crippen LogP contribution in [-0.4, -0.2) is 16.7 Å². The van der Waals surface area contributed by atoms with Crippen molar-refractivity contribution in [1.29, 1.82) is 0 Å². The van der Waals surface area contributed by atoms with Crippen molar-refractivity contribution in [2.75, 3.05) is 0 Å². The van der Waals surface area contributed by atoms with Gasteiger partial charge in [0.1, 0.15) is 5.41 Å². The molecule has 30 heavy (non-hydrogen) atoms. The van der Waals surface area contributed by atoms with Crippen molar-refractivity contribution in [2.45, 2.75) is 31.8 Å². The van der Waals surface area contributed by atoms with Gasteiger partial charge in [-0.15, -0.1) is 0 Å². The van der Waals surface area contributed by atoms with Crippen LogP contribution in [0.1, 0.15) is 37.5 Å². The first-order chi connectivity index (χ1) is 14.5. The molecule has 4 rings (SSSR count). The largest absolute Gasteiger partial charge is 0.388 e. The molecule has 152 valence electrons. The molecule has 3 aromatic rings. The molecule has 0 bridgehead atoms. The van der Waals surface area contributed by atoms with Crippen LogP contribution in [0.3, 0.4) is 0 Å². The molecule has 3 heteroatoms. The number of aliphatic hydroxyl groups excluding tert-OH is 1. The van der Waals surface area contributed by atoms with E-state index in [0.717, 1.165) is 11.1 Å². The fourth-order valence-electron chi connectivity index (χ4n) is 4.74. The molecular weight excluding hydrogens is 372 g/mol. The predicted molar refractivity (Wildman–Crippen MR) is 118 cm³/mol. The fraction of sp³-hybridized carbons (Fsp3) is 0.259. The molecular formula is C27H26O3. The zero-order valence-electron chi connectivity index (χ0n) is 17.3. The molecule has 0 saturated heterocycles. The monoisotopic (exact) mass is 398 g/mol. The third-order valence-electron chi connectivity index (χ3n) is 6.55. The van der Waals surface area contributed by atoms with Gasteiger partial charge in [-0.2, -0.15) is 0 Å². The van der Waals surface area contributed by atoms with Gasteiger partial charge >= 0.3 is 0 Å². The number of Topliss-reactive ketones (excluding diaryl/α,β-unsaturated/α-hetero) is 2. The molecule has 1 saturated carbocycles. The molecule has 0 unspecified atom stereocenters. The Kier molecular flexibility index (Phi) is 5.40. The lowest BCUT2D eigenvalue weighted by Crippen LogP contribution is -2.36. The molecule has 0 aliphatic heterocycles. The number of benzene rings is 3. The smallest absolute Gasteiger partial charge is 0.157 e. The molecule has 0 radical (unpaired) electrons. The fourth-order valence-corrected chi connectivity index (χ4v) is 4.74. The van der Waals surface area contributed by atoms with Gasteiger partial charge in [0.05, 0.1) is 12.0 Å². The molecule has 1 N–H and O–H groups in total. The Bertz CT molecular complexity index is 1040. The van der Waals surface area contributed by atoms with E-state index in [1.54, 1.807) is 6.92 Å². The molecule has 0 amide bonds. The van der Waals surface area contributed by atoms with Crippen LogP contribution in [-0.2, 0) is 15.0 Å². The summed E-state index contributed by atoms with van der Waals surface area (Å²) in [5.41, 5.74) is 2.29. The van der Waals surface area contributed by atoms with Crippen LogP contribution in [0.2, 0.25) is 0 Å². The average Bonchev–Trinajstić information content (AvgIpc) is 3.01. The zero-order valence-corrected chi connectivity index (χ0v) is 17.3. The first-order valence-corrected chi connectivity index (χ1v) is 10.5. The molecule has 1 aliphatic rings. The van der Waals surface area contributed by atoms with Crippen LogP contribution in [0.15, 0.2) is 84.9 Å². The van der Waals surface area contributed by atoms with E-state index < -0.39 is 23.4 Å². The van der Waals surface area contributed by atoms with Gasteiger partial charge < -0.3 is 5.11 Å². The average molecular weight is 399 g/mol. The van der Waals surface area contributed by atoms with Gasteiger partial charge in [0.2, 0.25) is 0 Å². The van der Waals surface area contributed by atoms with Gasteiger partial charge in [0.25, 0.3) is 0 Å².